The molecule has 19 heavy (non-hydrogen) atoms. The highest BCUT2D eigenvalue weighted by Crippen LogP contribution is 2.21. The average molecular weight is 277 g/mol. The van der Waals surface area contributed by atoms with E-state index in [-0.39, 0.29) is 0 Å². The lowest BCUT2D eigenvalue weighted by atomic mass is 10.2. The van der Waals surface area contributed by atoms with Gasteiger partial charge < -0.3 is 24.3 Å². The molecular weight excluding hydrogens is 250 g/mol. The van der Waals surface area contributed by atoms with E-state index in [0.29, 0.717) is 45.8 Å². The monoisotopic (exact) mass is 277 g/mol. The SMILES string of the molecule is CCOC(=O)NCCCC(OCC)(OCC)OCC. The number of amides is 1. The number of hydrogen-bond acceptors (Lipinski definition) is 5. The molecule has 6 nitrogen and oxygen atoms in total. The van der Waals surface area contributed by atoms with Crippen LogP contribution in [0.5, 0.6) is 0 Å². The molecule has 0 aromatic rings. The molecule has 0 aliphatic carbocycles. The van der Waals surface area contributed by atoms with Crippen molar-refractivity contribution in [2.45, 2.75) is 46.5 Å². The topological polar surface area (TPSA) is 66.0 Å². The molecule has 1 N–H and O–H groups in total. The summed E-state index contributed by atoms with van der Waals surface area (Å²) >= 11 is 0. The van der Waals surface area contributed by atoms with Gasteiger partial charge in [0.25, 0.3) is 5.97 Å². The summed E-state index contributed by atoms with van der Waals surface area (Å²) in [4.78, 5) is 11.1. The van der Waals surface area contributed by atoms with Crippen molar-refractivity contribution in [1.29, 1.82) is 0 Å². The van der Waals surface area contributed by atoms with Crippen LogP contribution >= 0.6 is 0 Å². The molecule has 0 spiro atoms. The first kappa shape index (κ1) is 18.1. The number of nitrogens with one attached hydrogen (secondary N) is 1. The Bertz CT molecular complexity index is 218. The van der Waals surface area contributed by atoms with E-state index >= 15 is 0 Å². The fourth-order valence-corrected chi connectivity index (χ4v) is 1.68. The van der Waals surface area contributed by atoms with Crippen LogP contribution in [0, 0.1) is 0 Å². The normalized spacial score (nSPS) is 11.4. The van der Waals surface area contributed by atoms with Crippen molar-refractivity contribution in [3.05, 3.63) is 0 Å². The molecule has 0 aromatic heterocycles. The third-order valence-corrected chi connectivity index (χ3v) is 2.30. The van der Waals surface area contributed by atoms with E-state index < -0.39 is 12.1 Å². The van der Waals surface area contributed by atoms with Gasteiger partial charge in [-0.2, -0.15) is 0 Å². The summed E-state index contributed by atoms with van der Waals surface area (Å²) in [5.74, 6) is -1.01. The first-order chi connectivity index (χ1) is 9.14. The van der Waals surface area contributed by atoms with Crippen molar-refractivity contribution in [3.8, 4) is 0 Å². The van der Waals surface area contributed by atoms with E-state index in [1.807, 2.05) is 20.8 Å². The Hall–Kier alpha value is -0.850. The molecule has 0 radical (unpaired) electrons. The molecule has 0 saturated carbocycles. The Morgan fingerprint density at radius 1 is 0.947 bits per heavy atom. The van der Waals surface area contributed by atoms with E-state index in [1.165, 1.54) is 0 Å². The molecule has 0 heterocycles. The number of alkyl carbamates (subject to hydrolysis) is 1. The van der Waals surface area contributed by atoms with Crippen LogP contribution < -0.4 is 5.32 Å². The lowest BCUT2D eigenvalue weighted by molar-refractivity contribution is -0.379. The van der Waals surface area contributed by atoms with E-state index in [4.69, 9.17) is 18.9 Å². The lowest BCUT2D eigenvalue weighted by Gasteiger charge is -2.32. The number of rotatable bonds is 11. The molecule has 1 amide bonds. The number of carbonyl (C=O) groups excluding carboxylic acids is 1. The zero-order valence-electron chi connectivity index (χ0n) is 12.5. The molecule has 0 aromatic carbocycles. The Labute approximate surface area is 115 Å². The second kappa shape index (κ2) is 11.0. The first-order valence-electron chi connectivity index (χ1n) is 6.96. The van der Waals surface area contributed by atoms with E-state index in [2.05, 4.69) is 5.32 Å². The third kappa shape index (κ3) is 8.02. The molecule has 114 valence electrons. The third-order valence-electron chi connectivity index (χ3n) is 2.30. The molecule has 6 heteroatoms. The molecule has 0 aliphatic rings. The summed E-state index contributed by atoms with van der Waals surface area (Å²) in [6.07, 6.45) is 0.825. The van der Waals surface area contributed by atoms with Gasteiger partial charge >= 0.3 is 6.09 Å². The predicted molar refractivity (Wildman–Crippen MR) is 71.9 cm³/mol. The van der Waals surface area contributed by atoms with E-state index in [1.54, 1.807) is 6.92 Å². The fraction of sp³-hybridized carbons (Fsp3) is 0.923. The van der Waals surface area contributed by atoms with Crippen LogP contribution in [0.15, 0.2) is 0 Å². The van der Waals surface area contributed by atoms with E-state index in [9.17, 15) is 4.79 Å². The van der Waals surface area contributed by atoms with Gasteiger partial charge in [-0.05, 0) is 34.1 Å². The summed E-state index contributed by atoms with van der Waals surface area (Å²) in [6, 6.07) is 0. The molecular formula is C13H27NO5. The fourth-order valence-electron chi connectivity index (χ4n) is 1.68. The van der Waals surface area contributed by atoms with Crippen molar-refractivity contribution in [2.24, 2.45) is 0 Å². The van der Waals surface area contributed by atoms with Crippen LogP contribution in [0.25, 0.3) is 0 Å². The maximum Gasteiger partial charge on any atom is 0.407 e. The van der Waals surface area contributed by atoms with Gasteiger partial charge in [0.15, 0.2) is 0 Å². The van der Waals surface area contributed by atoms with Crippen molar-refractivity contribution < 1.29 is 23.7 Å². The van der Waals surface area contributed by atoms with Gasteiger partial charge in [0.2, 0.25) is 0 Å². The highest BCUT2D eigenvalue weighted by Gasteiger charge is 2.31. The summed E-state index contributed by atoms with van der Waals surface area (Å²) in [5, 5.41) is 2.65. The van der Waals surface area contributed by atoms with Gasteiger partial charge in [-0.15, -0.1) is 0 Å². The second-order valence-corrected chi connectivity index (χ2v) is 3.73. The van der Waals surface area contributed by atoms with Crippen molar-refractivity contribution >= 4 is 6.09 Å². The maximum absolute atomic E-state index is 11.1. The molecule has 0 atom stereocenters. The zero-order chi connectivity index (χ0) is 14.6. The van der Waals surface area contributed by atoms with Gasteiger partial charge in [0.05, 0.1) is 6.61 Å². The smallest absolute Gasteiger partial charge is 0.407 e. The minimum absolute atomic E-state index is 0.368. The Balaban J connectivity index is 4.13. The van der Waals surface area contributed by atoms with Gasteiger partial charge in [-0.3, -0.25) is 0 Å². The number of ether oxygens (including phenoxy) is 4. The Kier molecular flexibility index (Phi) is 10.5. The number of carbonyl (C=O) groups is 1. The van der Waals surface area contributed by atoms with Crippen LogP contribution in [-0.4, -0.2) is 45.0 Å². The van der Waals surface area contributed by atoms with E-state index in [0.717, 1.165) is 0 Å². The quantitative estimate of drug-likeness (QED) is 0.463. The maximum atomic E-state index is 11.1. The molecule has 0 rings (SSSR count). The largest absolute Gasteiger partial charge is 0.450 e. The summed E-state index contributed by atoms with van der Waals surface area (Å²) in [7, 11) is 0. The molecule has 0 aliphatic heterocycles. The first-order valence-corrected chi connectivity index (χ1v) is 6.96. The lowest BCUT2D eigenvalue weighted by Crippen LogP contribution is -2.40. The number of hydrogen-bond donors (Lipinski definition) is 1. The van der Waals surface area contributed by atoms with Crippen LogP contribution in [-0.2, 0) is 18.9 Å². The summed E-state index contributed by atoms with van der Waals surface area (Å²) < 4.78 is 21.5. The van der Waals surface area contributed by atoms with Crippen LogP contribution in [0.1, 0.15) is 40.5 Å². The van der Waals surface area contributed by atoms with Gasteiger partial charge in [-0.1, -0.05) is 0 Å². The van der Waals surface area contributed by atoms with Crippen LogP contribution in [0.3, 0.4) is 0 Å². The average Bonchev–Trinajstić information content (AvgIpc) is 2.36. The van der Waals surface area contributed by atoms with Crippen molar-refractivity contribution in [2.75, 3.05) is 33.0 Å². The summed E-state index contributed by atoms with van der Waals surface area (Å²) in [6.45, 7) is 9.82. The Morgan fingerprint density at radius 2 is 1.47 bits per heavy atom. The Morgan fingerprint density at radius 3 is 1.89 bits per heavy atom. The van der Waals surface area contributed by atoms with Crippen molar-refractivity contribution in [3.63, 3.8) is 0 Å². The van der Waals surface area contributed by atoms with Gasteiger partial charge in [0.1, 0.15) is 0 Å². The minimum atomic E-state index is -1.01. The highest BCUT2D eigenvalue weighted by atomic mass is 16.9. The van der Waals surface area contributed by atoms with Crippen LogP contribution in [0.4, 0.5) is 4.79 Å². The molecule has 0 saturated heterocycles. The second-order valence-electron chi connectivity index (χ2n) is 3.73. The standard InChI is InChI=1S/C13H27NO5/c1-5-16-12(15)14-11-9-10-13(17-6-2,18-7-3)19-8-4/h5-11H2,1-4H3,(H,14,15). The summed E-state index contributed by atoms with van der Waals surface area (Å²) in [5.41, 5.74) is 0. The van der Waals surface area contributed by atoms with Gasteiger partial charge in [0, 0.05) is 32.8 Å². The predicted octanol–water partition coefficient (Wildman–Crippen LogP) is 2.28. The molecule has 0 unspecified atom stereocenters. The molecule has 0 fully saturated rings. The highest BCUT2D eigenvalue weighted by molar-refractivity contribution is 5.66. The molecule has 0 bridgehead atoms. The minimum Gasteiger partial charge on any atom is -0.450 e. The van der Waals surface area contributed by atoms with Crippen molar-refractivity contribution in [1.82, 2.24) is 5.32 Å². The van der Waals surface area contributed by atoms with Crippen LogP contribution in [0.2, 0.25) is 0 Å². The zero-order valence-corrected chi connectivity index (χ0v) is 12.5. The van der Waals surface area contributed by atoms with Gasteiger partial charge in [-0.25, -0.2) is 4.79 Å².